The first-order valence-electron chi connectivity index (χ1n) is 8.92. The number of nitrogens with one attached hydrogen (secondary N) is 1. The Balaban J connectivity index is 1.37. The fourth-order valence-electron chi connectivity index (χ4n) is 3.76. The molecule has 0 spiro atoms. The maximum absolute atomic E-state index is 13.7. The summed E-state index contributed by atoms with van der Waals surface area (Å²) < 4.78 is 52.3. The average Bonchev–Trinajstić information content (AvgIpc) is 2.62. The molecule has 3 fully saturated rings. The summed E-state index contributed by atoms with van der Waals surface area (Å²) in [6.45, 7) is 0.749. The largest absolute Gasteiger partial charge is 0.436 e. The van der Waals surface area contributed by atoms with Crippen LogP contribution in [0.2, 0.25) is 0 Å². The highest BCUT2D eigenvalue weighted by molar-refractivity contribution is 7.89. The summed E-state index contributed by atoms with van der Waals surface area (Å²) in [5.74, 6) is 0.368. The highest BCUT2D eigenvalue weighted by atomic mass is 32.2. The van der Waals surface area contributed by atoms with Gasteiger partial charge in [-0.25, -0.2) is 22.5 Å². The molecule has 0 atom stereocenters. The van der Waals surface area contributed by atoms with Crippen LogP contribution in [0.5, 0.6) is 11.6 Å². The molecule has 1 saturated carbocycles. The monoisotopic (exact) mass is 392 g/mol. The molecule has 3 heterocycles. The van der Waals surface area contributed by atoms with Crippen molar-refractivity contribution in [2.24, 2.45) is 5.92 Å². The Kier molecular flexibility index (Phi) is 4.88. The van der Waals surface area contributed by atoms with Gasteiger partial charge >= 0.3 is 0 Å². The van der Waals surface area contributed by atoms with Crippen molar-refractivity contribution in [3.63, 3.8) is 0 Å². The lowest BCUT2D eigenvalue weighted by Gasteiger charge is -2.51. The quantitative estimate of drug-likeness (QED) is 0.784. The van der Waals surface area contributed by atoms with E-state index in [2.05, 4.69) is 9.71 Å². The third-order valence-corrected chi connectivity index (χ3v) is 6.55. The smallest absolute Gasteiger partial charge is 0.219 e. The van der Waals surface area contributed by atoms with Crippen LogP contribution < -0.4 is 9.46 Å². The first kappa shape index (κ1) is 18.3. The SMILES string of the molecule is O=S(=O)(CC12CC(CCO1)C2)NCc1ccnc(Oc2ccccc2F)c1. The number of ether oxygens (including phenoxy) is 2. The van der Waals surface area contributed by atoms with Gasteiger partial charge in [0.05, 0.1) is 11.4 Å². The van der Waals surface area contributed by atoms with Gasteiger partial charge in [0.2, 0.25) is 15.9 Å². The zero-order chi connectivity index (χ0) is 18.9. The lowest BCUT2D eigenvalue weighted by molar-refractivity contribution is -0.162. The fourth-order valence-corrected chi connectivity index (χ4v) is 5.26. The van der Waals surface area contributed by atoms with Crippen molar-refractivity contribution in [2.45, 2.75) is 31.4 Å². The second kappa shape index (κ2) is 7.18. The van der Waals surface area contributed by atoms with Crippen molar-refractivity contribution in [2.75, 3.05) is 12.4 Å². The lowest BCUT2D eigenvalue weighted by atomic mass is 9.68. The topological polar surface area (TPSA) is 77.5 Å². The molecule has 2 bridgehead atoms. The van der Waals surface area contributed by atoms with E-state index in [1.807, 2.05) is 0 Å². The number of fused-ring (bicyclic) bond motifs is 2. The van der Waals surface area contributed by atoms with E-state index in [4.69, 9.17) is 9.47 Å². The molecule has 8 heteroatoms. The van der Waals surface area contributed by atoms with Crippen LogP contribution in [0, 0.1) is 11.7 Å². The minimum absolute atomic E-state index is 0.0137. The van der Waals surface area contributed by atoms with E-state index in [1.54, 1.807) is 24.3 Å². The van der Waals surface area contributed by atoms with Gasteiger partial charge in [-0.1, -0.05) is 12.1 Å². The molecule has 144 valence electrons. The summed E-state index contributed by atoms with van der Waals surface area (Å²) in [7, 11) is -3.47. The molecule has 1 aliphatic carbocycles. The second-order valence-electron chi connectivity index (χ2n) is 7.21. The predicted octanol–water partition coefficient (Wildman–Crippen LogP) is 3.00. The van der Waals surface area contributed by atoms with Crippen molar-refractivity contribution < 1.29 is 22.3 Å². The lowest BCUT2D eigenvalue weighted by Crippen LogP contribution is -2.56. The van der Waals surface area contributed by atoms with Crippen LogP contribution in [0.25, 0.3) is 0 Å². The maximum Gasteiger partial charge on any atom is 0.219 e. The Bertz CT molecular complexity index is 923. The van der Waals surface area contributed by atoms with Crippen LogP contribution in [-0.4, -0.2) is 31.4 Å². The highest BCUT2D eigenvalue weighted by Crippen LogP contribution is 2.47. The molecule has 2 aliphatic heterocycles. The number of aromatic nitrogens is 1. The van der Waals surface area contributed by atoms with Crippen LogP contribution in [-0.2, 0) is 21.3 Å². The molecule has 5 rings (SSSR count). The summed E-state index contributed by atoms with van der Waals surface area (Å²) in [6, 6.07) is 9.30. The zero-order valence-electron chi connectivity index (χ0n) is 14.7. The van der Waals surface area contributed by atoms with Crippen molar-refractivity contribution in [3.05, 3.63) is 54.0 Å². The number of hydrogen-bond donors (Lipinski definition) is 1. The van der Waals surface area contributed by atoms with Gasteiger partial charge in [0.1, 0.15) is 0 Å². The number of benzene rings is 1. The number of para-hydroxylation sites is 1. The number of nitrogens with zero attached hydrogens (tertiary/aromatic N) is 1. The number of rotatable bonds is 7. The number of halogens is 1. The molecule has 0 amide bonds. The molecule has 1 aromatic carbocycles. The molecule has 3 aliphatic rings. The summed E-state index contributed by atoms with van der Waals surface area (Å²) in [6.07, 6.45) is 4.17. The molecule has 6 nitrogen and oxygen atoms in total. The van der Waals surface area contributed by atoms with E-state index < -0.39 is 21.4 Å². The first-order chi connectivity index (χ1) is 12.9. The summed E-state index contributed by atoms with van der Waals surface area (Å²) in [4.78, 5) is 4.05. The van der Waals surface area contributed by atoms with Crippen LogP contribution in [0.4, 0.5) is 4.39 Å². The molecule has 2 saturated heterocycles. The Hall–Kier alpha value is -2.03. The van der Waals surface area contributed by atoms with Crippen molar-refractivity contribution in [1.29, 1.82) is 0 Å². The van der Waals surface area contributed by atoms with E-state index in [1.165, 1.54) is 18.3 Å². The molecule has 0 radical (unpaired) electrons. The van der Waals surface area contributed by atoms with E-state index in [-0.39, 0.29) is 23.9 Å². The summed E-state index contributed by atoms with van der Waals surface area (Å²) in [5.41, 5.74) is 0.167. The van der Waals surface area contributed by atoms with Gasteiger partial charge in [0, 0.05) is 25.4 Å². The van der Waals surface area contributed by atoms with Gasteiger partial charge in [-0.2, -0.15) is 0 Å². The Morgan fingerprint density at radius 3 is 2.85 bits per heavy atom. The first-order valence-corrected chi connectivity index (χ1v) is 10.6. The third kappa shape index (κ3) is 4.28. The van der Waals surface area contributed by atoms with Gasteiger partial charge < -0.3 is 9.47 Å². The van der Waals surface area contributed by atoms with Gasteiger partial charge in [-0.05, 0) is 48.9 Å². The van der Waals surface area contributed by atoms with E-state index in [0.29, 0.717) is 18.1 Å². The van der Waals surface area contributed by atoms with Crippen LogP contribution >= 0.6 is 0 Å². The molecular formula is C19H21FN2O4S. The molecule has 0 unspecified atom stereocenters. The summed E-state index contributed by atoms with van der Waals surface area (Å²) in [5, 5.41) is 0. The minimum Gasteiger partial charge on any atom is -0.436 e. The number of hydrogen-bond acceptors (Lipinski definition) is 5. The van der Waals surface area contributed by atoms with Crippen LogP contribution in [0.15, 0.2) is 42.6 Å². The second-order valence-corrected chi connectivity index (χ2v) is 9.02. The third-order valence-electron chi connectivity index (χ3n) is 5.06. The maximum atomic E-state index is 13.7. The number of sulfonamides is 1. The van der Waals surface area contributed by atoms with Gasteiger partial charge in [-0.3, -0.25) is 0 Å². The van der Waals surface area contributed by atoms with Gasteiger partial charge in [0.25, 0.3) is 0 Å². The highest BCUT2D eigenvalue weighted by Gasteiger charge is 2.50. The molecule has 1 aromatic heterocycles. The standard InChI is InChI=1S/C19H21FN2O4S/c20-16-3-1-2-4-17(16)26-18-9-14(5-7-21-18)12-22-27(23,24)13-19-10-15(11-19)6-8-25-19/h1-5,7,9,15,22H,6,8,10-13H2. The fraction of sp³-hybridized carbons (Fsp3) is 0.421. The normalized spacial score (nSPS) is 24.3. The molecular weight excluding hydrogens is 371 g/mol. The zero-order valence-corrected chi connectivity index (χ0v) is 15.5. The Morgan fingerprint density at radius 1 is 1.30 bits per heavy atom. The van der Waals surface area contributed by atoms with E-state index in [0.717, 1.165) is 19.3 Å². The molecule has 1 N–H and O–H groups in total. The Labute approximate surface area is 157 Å². The van der Waals surface area contributed by atoms with Crippen LogP contribution in [0.3, 0.4) is 0 Å². The van der Waals surface area contributed by atoms with Gasteiger partial charge in [-0.15, -0.1) is 0 Å². The van der Waals surface area contributed by atoms with Crippen molar-refractivity contribution in [3.8, 4) is 11.6 Å². The molecule has 2 aromatic rings. The predicted molar refractivity (Wildman–Crippen MR) is 97.4 cm³/mol. The van der Waals surface area contributed by atoms with E-state index in [9.17, 15) is 12.8 Å². The average molecular weight is 392 g/mol. The van der Waals surface area contributed by atoms with Gasteiger partial charge in [0.15, 0.2) is 11.6 Å². The minimum atomic E-state index is -3.47. The van der Waals surface area contributed by atoms with E-state index >= 15 is 0 Å². The Morgan fingerprint density at radius 2 is 2.11 bits per heavy atom. The van der Waals surface area contributed by atoms with Crippen molar-refractivity contribution >= 4 is 10.0 Å². The number of pyridine rings is 1. The molecule has 27 heavy (non-hydrogen) atoms. The summed E-state index contributed by atoms with van der Waals surface area (Å²) >= 11 is 0. The van der Waals surface area contributed by atoms with Crippen LogP contribution in [0.1, 0.15) is 24.8 Å². The van der Waals surface area contributed by atoms with Crippen molar-refractivity contribution in [1.82, 2.24) is 9.71 Å².